The van der Waals surface area contributed by atoms with Crippen LogP contribution >= 0.6 is 0 Å². The number of nitrogens with two attached hydrogens (primary N) is 2. The summed E-state index contributed by atoms with van der Waals surface area (Å²) in [5.74, 6) is -1.55. The van der Waals surface area contributed by atoms with Crippen molar-refractivity contribution in [1.82, 2.24) is 16.0 Å². The van der Waals surface area contributed by atoms with Crippen molar-refractivity contribution in [3.8, 4) is 0 Å². The molecule has 12 nitrogen and oxygen atoms in total. The summed E-state index contributed by atoms with van der Waals surface area (Å²) in [6, 6.07) is 0. The van der Waals surface area contributed by atoms with Gasteiger partial charge in [-0.15, -0.1) is 0 Å². The number of ether oxygens (including phenoxy) is 2. The minimum Gasteiger partial charge on any atom is -0.370 e. The van der Waals surface area contributed by atoms with Crippen molar-refractivity contribution >= 4 is 29.9 Å². The molecule has 0 aliphatic rings. The summed E-state index contributed by atoms with van der Waals surface area (Å²) in [7, 11) is 0. The van der Waals surface area contributed by atoms with E-state index in [2.05, 4.69) is 16.0 Å². The van der Waals surface area contributed by atoms with Crippen LogP contribution < -0.4 is 27.4 Å². The summed E-state index contributed by atoms with van der Waals surface area (Å²) in [6.07, 6.45) is 2.90. The molecule has 0 aliphatic heterocycles. The van der Waals surface area contributed by atoms with E-state index in [0.717, 1.165) is 6.29 Å². The van der Waals surface area contributed by atoms with Crippen LogP contribution in [-0.2, 0) is 33.4 Å². The predicted molar refractivity (Wildman–Crippen MR) is 116 cm³/mol. The highest BCUT2D eigenvalue weighted by Gasteiger charge is 2.29. The molecule has 0 rings (SSSR count). The smallest absolute Gasteiger partial charge is 0.243 e. The minimum absolute atomic E-state index is 0.168. The van der Waals surface area contributed by atoms with Gasteiger partial charge in [0.1, 0.15) is 19.5 Å². The predicted octanol–water partition coefficient (Wildman–Crippen LogP) is -1.89. The molecule has 0 saturated carbocycles. The van der Waals surface area contributed by atoms with E-state index in [9.17, 15) is 24.0 Å². The highest BCUT2D eigenvalue weighted by molar-refractivity contribution is 5.77. The van der Waals surface area contributed by atoms with Gasteiger partial charge in [0.25, 0.3) is 0 Å². The van der Waals surface area contributed by atoms with Gasteiger partial charge < -0.3 is 41.7 Å². The lowest BCUT2D eigenvalue weighted by molar-refractivity contribution is -0.124. The van der Waals surface area contributed by atoms with Gasteiger partial charge in [-0.05, 0) is 25.8 Å². The first-order valence-corrected chi connectivity index (χ1v) is 10.7. The fourth-order valence-electron chi connectivity index (χ4n) is 3.10. The number of carbonyl (C=O) groups is 5. The molecule has 32 heavy (non-hydrogen) atoms. The lowest BCUT2D eigenvalue weighted by Gasteiger charge is -2.34. The first kappa shape index (κ1) is 29.4. The second-order valence-corrected chi connectivity index (χ2v) is 7.25. The van der Waals surface area contributed by atoms with E-state index in [0.29, 0.717) is 32.2 Å². The minimum atomic E-state index is -0.579. The Balaban J connectivity index is 4.57. The van der Waals surface area contributed by atoms with Crippen molar-refractivity contribution < 1.29 is 33.4 Å². The van der Waals surface area contributed by atoms with Gasteiger partial charge in [-0.2, -0.15) is 0 Å². The number of aldehydes is 1. The molecule has 12 heteroatoms. The lowest BCUT2D eigenvalue weighted by atomic mass is 9.83. The number of nitrogens with one attached hydrogen (secondary N) is 3. The number of hydrogen-bond acceptors (Lipinski definition) is 8. The Labute approximate surface area is 188 Å². The molecule has 0 heterocycles. The number of carbonyl (C=O) groups excluding carboxylic acids is 5. The molecule has 7 N–H and O–H groups in total. The fraction of sp³-hybridized carbons (Fsp3) is 0.750. The Bertz CT molecular complexity index is 561. The summed E-state index contributed by atoms with van der Waals surface area (Å²) < 4.78 is 9.98. The SMILES string of the molecule is CCNC(CCC=O)(CCC(=O)NCCOCC(N)=O)CCC(=O)NCCOCC(N)=O. The quantitative estimate of drug-likeness (QED) is 0.0971. The Morgan fingerprint density at radius 3 is 1.69 bits per heavy atom. The summed E-state index contributed by atoms with van der Waals surface area (Å²) in [6.45, 7) is 2.95. The first-order valence-electron chi connectivity index (χ1n) is 10.7. The van der Waals surface area contributed by atoms with E-state index in [1.807, 2.05) is 6.92 Å². The highest BCUT2D eigenvalue weighted by atomic mass is 16.5. The summed E-state index contributed by atoms with van der Waals surface area (Å²) in [5, 5.41) is 8.75. The van der Waals surface area contributed by atoms with Gasteiger partial charge in [-0.25, -0.2) is 0 Å². The Morgan fingerprint density at radius 2 is 1.31 bits per heavy atom. The van der Waals surface area contributed by atoms with Gasteiger partial charge in [-0.3, -0.25) is 19.2 Å². The standard InChI is InChI=1S/C20H37N5O7/c1-2-25-20(6-3-11-26,7-4-18(29)23-9-12-31-14-16(21)27)8-5-19(30)24-10-13-32-15-17(22)28/h11,25H,2-10,12-15H2,1H3,(H2,21,27)(H2,22,28)(H,23,29)(H,24,30). The van der Waals surface area contributed by atoms with Crippen molar-refractivity contribution in [1.29, 1.82) is 0 Å². The topological polar surface area (TPSA) is 192 Å². The molecular formula is C20H37N5O7. The van der Waals surface area contributed by atoms with Gasteiger partial charge in [0.2, 0.25) is 23.6 Å². The number of primary amides is 2. The van der Waals surface area contributed by atoms with E-state index in [1.54, 1.807) is 0 Å². The maximum absolute atomic E-state index is 12.2. The molecule has 184 valence electrons. The third-order valence-corrected chi connectivity index (χ3v) is 4.58. The summed E-state index contributed by atoms with van der Waals surface area (Å²) in [5.41, 5.74) is 9.38. The molecule has 0 aromatic carbocycles. The molecule has 0 radical (unpaired) electrons. The number of amides is 4. The molecule has 4 amide bonds. The second kappa shape index (κ2) is 18.0. The van der Waals surface area contributed by atoms with Crippen LogP contribution in [0.15, 0.2) is 0 Å². The monoisotopic (exact) mass is 459 g/mol. The maximum atomic E-state index is 12.2. The summed E-state index contributed by atoms with van der Waals surface area (Å²) >= 11 is 0. The largest absolute Gasteiger partial charge is 0.370 e. The molecule has 0 saturated heterocycles. The van der Waals surface area contributed by atoms with Crippen LogP contribution in [0.25, 0.3) is 0 Å². The Hall–Kier alpha value is -2.57. The average Bonchev–Trinajstić information content (AvgIpc) is 2.74. The zero-order chi connectivity index (χ0) is 24.2. The molecule has 0 unspecified atom stereocenters. The van der Waals surface area contributed by atoms with Crippen molar-refractivity contribution in [2.45, 2.75) is 51.0 Å². The van der Waals surface area contributed by atoms with E-state index in [1.165, 1.54) is 0 Å². The first-order chi connectivity index (χ1) is 15.2. The second-order valence-electron chi connectivity index (χ2n) is 7.25. The Kier molecular flexibility index (Phi) is 16.6. The summed E-state index contributed by atoms with van der Waals surface area (Å²) in [4.78, 5) is 56.5. The van der Waals surface area contributed by atoms with Crippen molar-refractivity contribution in [2.75, 3.05) is 46.1 Å². The zero-order valence-corrected chi connectivity index (χ0v) is 18.8. The highest BCUT2D eigenvalue weighted by Crippen LogP contribution is 2.25. The van der Waals surface area contributed by atoms with Gasteiger partial charge in [0.15, 0.2) is 0 Å². The van der Waals surface area contributed by atoms with Crippen molar-refractivity contribution in [3.05, 3.63) is 0 Å². The molecule has 0 bridgehead atoms. The van der Waals surface area contributed by atoms with Crippen LogP contribution in [0.4, 0.5) is 0 Å². The normalized spacial score (nSPS) is 11.0. The Morgan fingerprint density at radius 1 is 0.844 bits per heavy atom. The van der Waals surface area contributed by atoms with E-state index < -0.39 is 17.4 Å². The molecule has 0 aromatic rings. The molecular weight excluding hydrogens is 422 g/mol. The van der Waals surface area contributed by atoms with Crippen LogP contribution in [0.3, 0.4) is 0 Å². The third kappa shape index (κ3) is 16.2. The van der Waals surface area contributed by atoms with E-state index >= 15 is 0 Å². The molecule has 0 fully saturated rings. The molecule has 0 atom stereocenters. The van der Waals surface area contributed by atoms with E-state index in [4.69, 9.17) is 20.9 Å². The van der Waals surface area contributed by atoms with Crippen LogP contribution in [0.5, 0.6) is 0 Å². The fourth-order valence-corrected chi connectivity index (χ4v) is 3.10. The molecule has 0 aliphatic carbocycles. The van der Waals surface area contributed by atoms with Gasteiger partial charge >= 0.3 is 0 Å². The van der Waals surface area contributed by atoms with Crippen molar-refractivity contribution in [3.63, 3.8) is 0 Å². The van der Waals surface area contributed by atoms with E-state index in [-0.39, 0.29) is 64.2 Å². The average molecular weight is 460 g/mol. The van der Waals surface area contributed by atoms with Gasteiger partial charge in [0, 0.05) is 37.9 Å². The van der Waals surface area contributed by atoms with Crippen LogP contribution in [0.2, 0.25) is 0 Å². The molecule has 0 spiro atoms. The zero-order valence-electron chi connectivity index (χ0n) is 18.8. The third-order valence-electron chi connectivity index (χ3n) is 4.58. The molecule has 0 aromatic heterocycles. The van der Waals surface area contributed by atoms with Crippen LogP contribution in [0, 0.1) is 0 Å². The number of hydrogen-bond donors (Lipinski definition) is 5. The number of rotatable bonds is 21. The maximum Gasteiger partial charge on any atom is 0.243 e. The van der Waals surface area contributed by atoms with Gasteiger partial charge in [0.05, 0.1) is 13.2 Å². The van der Waals surface area contributed by atoms with Crippen LogP contribution in [0.1, 0.15) is 45.4 Å². The van der Waals surface area contributed by atoms with Crippen LogP contribution in [-0.4, -0.2) is 81.5 Å². The van der Waals surface area contributed by atoms with Gasteiger partial charge in [-0.1, -0.05) is 6.92 Å². The van der Waals surface area contributed by atoms with Crippen molar-refractivity contribution in [2.24, 2.45) is 11.5 Å². The lowest BCUT2D eigenvalue weighted by Crippen LogP contribution is -2.47.